The van der Waals surface area contributed by atoms with Gasteiger partial charge in [-0.2, -0.15) is 10.2 Å². The Kier molecular flexibility index (Phi) is 5.07. The highest BCUT2D eigenvalue weighted by atomic mass is 16.5. The van der Waals surface area contributed by atoms with Crippen molar-refractivity contribution in [3.8, 4) is 11.8 Å². The third-order valence-corrected chi connectivity index (χ3v) is 3.60. The summed E-state index contributed by atoms with van der Waals surface area (Å²) in [4.78, 5) is 8.66. The standard InChI is InChI=1S/C19H17N5O/c1-25-17-9-5-3-7-15(17)13-22-19-21-11-10-18(24-19)23-16-8-4-2-6-14(16)12-20/h2-11H,13H2,1H3,(H2,21,22,23,24). The van der Waals surface area contributed by atoms with Crippen LogP contribution in [0.5, 0.6) is 5.75 Å². The van der Waals surface area contributed by atoms with Gasteiger partial charge in [0.1, 0.15) is 17.6 Å². The fraction of sp³-hybridized carbons (Fsp3) is 0.105. The van der Waals surface area contributed by atoms with Crippen LogP contribution in [-0.4, -0.2) is 17.1 Å². The molecule has 0 fully saturated rings. The summed E-state index contributed by atoms with van der Waals surface area (Å²) in [7, 11) is 1.65. The van der Waals surface area contributed by atoms with E-state index in [-0.39, 0.29) is 0 Å². The van der Waals surface area contributed by atoms with Crippen LogP contribution in [0.2, 0.25) is 0 Å². The smallest absolute Gasteiger partial charge is 0.224 e. The Morgan fingerprint density at radius 3 is 2.72 bits per heavy atom. The summed E-state index contributed by atoms with van der Waals surface area (Å²) in [5.74, 6) is 1.91. The number of aromatic nitrogens is 2. The first-order valence-corrected chi connectivity index (χ1v) is 7.75. The molecule has 2 aromatic carbocycles. The highest BCUT2D eigenvalue weighted by Crippen LogP contribution is 2.20. The molecule has 0 saturated heterocycles. The minimum Gasteiger partial charge on any atom is -0.496 e. The molecule has 3 aromatic rings. The van der Waals surface area contributed by atoms with Crippen molar-refractivity contribution in [2.75, 3.05) is 17.7 Å². The monoisotopic (exact) mass is 331 g/mol. The van der Waals surface area contributed by atoms with Crippen LogP contribution in [-0.2, 0) is 6.54 Å². The van der Waals surface area contributed by atoms with E-state index in [9.17, 15) is 0 Å². The topological polar surface area (TPSA) is 82.9 Å². The average Bonchev–Trinajstić information content (AvgIpc) is 2.67. The molecular weight excluding hydrogens is 314 g/mol. The molecule has 1 aromatic heterocycles. The number of benzene rings is 2. The zero-order valence-corrected chi connectivity index (χ0v) is 13.7. The van der Waals surface area contributed by atoms with Crippen LogP contribution in [0.15, 0.2) is 60.8 Å². The van der Waals surface area contributed by atoms with E-state index in [0.717, 1.165) is 11.3 Å². The van der Waals surface area contributed by atoms with Crippen molar-refractivity contribution < 1.29 is 4.74 Å². The molecule has 0 spiro atoms. The third kappa shape index (κ3) is 4.03. The summed E-state index contributed by atoms with van der Waals surface area (Å²) in [6.07, 6.45) is 1.66. The fourth-order valence-electron chi connectivity index (χ4n) is 2.36. The van der Waals surface area contributed by atoms with Gasteiger partial charge < -0.3 is 15.4 Å². The maximum atomic E-state index is 9.16. The van der Waals surface area contributed by atoms with E-state index in [1.54, 1.807) is 25.4 Å². The lowest BCUT2D eigenvalue weighted by atomic mass is 10.2. The van der Waals surface area contributed by atoms with Gasteiger partial charge in [0.2, 0.25) is 5.95 Å². The highest BCUT2D eigenvalue weighted by Gasteiger charge is 2.05. The quantitative estimate of drug-likeness (QED) is 0.716. The largest absolute Gasteiger partial charge is 0.496 e. The SMILES string of the molecule is COc1ccccc1CNc1nccc(Nc2ccccc2C#N)n1. The lowest BCUT2D eigenvalue weighted by Crippen LogP contribution is -2.06. The number of para-hydroxylation sites is 2. The van der Waals surface area contributed by atoms with Crippen LogP contribution in [0.4, 0.5) is 17.5 Å². The van der Waals surface area contributed by atoms with E-state index in [2.05, 4.69) is 26.7 Å². The fourth-order valence-corrected chi connectivity index (χ4v) is 2.36. The number of nitrogens with zero attached hydrogens (tertiary/aromatic N) is 3. The summed E-state index contributed by atoms with van der Waals surface area (Å²) >= 11 is 0. The van der Waals surface area contributed by atoms with Crippen LogP contribution in [0.3, 0.4) is 0 Å². The molecule has 0 aliphatic heterocycles. The molecule has 0 saturated carbocycles. The summed E-state index contributed by atoms with van der Waals surface area (Å²) in [6, 6.07) is 19.0. The normalized spacial score (nSPS) is 9.92. The van der Waals surface area contributed by atoms with E-state index in [0.29, 0.717) is 29.6 Å². The molecule has 0 unspecified atom stereocenters. The Morgan fingerprint density at radius 1 is 1.08 bits per heavy atom. The van der Waals surface area contributed by atoms with Gasteiger partial charge >= 0.3 is 0 Å². The second-order valence-electron chi connectivity index (χ2n) is 5.21. The molecule has 6 nitrogen and oxygen atoms in total. The van der Waals surface area contributed by atoms with Crippen molar-refractivity contribution in [3.63, 3.8) is 0 Å². The van der Waals surface area contributed by atoms with Gasteiger partial charge in [-0.3, -0.25) is 0 Å². The zero-order chi connectivity index (χ0) is 17.5. The van der Waals surface area contributed by atoms with Crippen molar-refractivity contribution >= 4 is 17.5 Å². The van der Waals surface area contributed by atoms with E-state index in [1.807, 2.05) is 42.5 Å². The second kappa shape index (κ2) is 7.79. The maximum Gasteiger partial charge on any atom is 0.224 e. The first-order valence-electron chi connectivity index (χ1n) is 7.75. The predicted molar refractivity (Wildman–Crippen MR) is 96.8 cm³/mol. The van der Waals surface area contributed by atoms with Crippen molar-refractivity contribution in [1.29, 1.82) is 5.26 Å². The zero-order valence-electron chi connectivity index (χ0n) is 13.7. The number of methoxy groups -OCH3 is 1. The molecule has 2 N–H and O–H groups in total. The van der Waals surface area contributed by atoms with Crippen LogP contribution in [0, 0.1) is 11.3 Å². The highest BCUT2D eigenvalue weighted by molar-refractivity contribution is 5.64. The number of rotatable bonds is 6. The summed E-state index contributed by atoms with van der Waals surface area (Å²) < 4.78 is 5.34. The number of ether oxygens (including phenoxy) is 1. The molecular formula is C19H17N5O. The lowest BCUT2D eigenvalue weighted by Gasteiger charge is -2.11. The summed E-state index contributed by atoms with van der Waals surface area (Å²) in [6.45, 7) is 0.544. The minimum absolute atomic E-state index is 0.491. The number of nitriles is 1. The molecule has 0 radical (unpaired) electrons. The van der Waals surface area contributed by atoms with E-state index < -0.39 is 0 Å². The first-order chi connectivity index (χ1) is 12.3. The van der Waals surface area contributed by atoms with Gasteiger partial charge in [-0.15, -0.1) is 0 Å². The van der Waals surface area contributed by atoms with Gasteiger partial charge in [0, 0.05) is 18.3 Å². The molecule has 0 aliphatic carbocycles. The number of nitrogens with one attached hydrogen (secondary N) is 2. The summed E-state index contributed by atoms with van der Waals surface area (Å²) in [5.41, 5.74) is 2.28. The van der Waals surface area contributed by atoms with Crippen LogP contribution >= 0.6 is 0 Å². The van der Waals surface area contributed by atoms with E-state index in [1.165, 1.54) is 0 Å². The maximum absolute atomic E-state index is 9.16. The molecule has 1 heterocycles. The number of hydrogen-bond donors (Lipinski definition) is 2. The van der Waals surface area contributed by atoms with Crippen LogP contribution < -0.4 is 15.4 Å². The molecule has 0 bridgehead atoms. The molecule has 124 valence electrons. The molecule has 0 aliphatic rings. The van der Waals surface area contributed by atoms with Crippen molar-refractivity contribution in [2.45, 2.75) is 6.54 Å². The van der Waals surface area contributed by atoms with E-state index >= 15 is 0 Å². The minimum atomic E-state index is 0.491. The Morgan fingerprint density at radius 2 is 1.88 bits per heavy atom. The van der Waals surface area contributed by atoms with E-state index in [4.69, 9.17) is 10.00 Å². The molecule has 0 amide bonds. The Bertz CT molecular complexity index is 904. The van der Waals surface area contributed by atoms with Crippen molar-refractivity contribution in [2.24, 2.45) is 0 Å². The Balaban J connectivity index is 1.72. The third-order valence-electron chi connectivity index (χ3n) is 3.60. The van der Waals surface area contributed by atoms with Crippen molar-refractivity contribution in [1.82, 2.24) is 9.97 Å². The summed E-state index contributed by atoms with van der Waals surface area (Å²) in [5, 5.41) is 15.5. The number of hydrogen-bond acceptors (Lipinski definition) is 6. The van der Waals surface area contributed by atoms with Gasteiger partial charge in [-0.25, -0.2) is 4.98 Å². The molecule has 25 heavy (non-hydrogen) atoms. The van der Waals surface area contributed by atoms with Gasteiger partial charge in [0.25, 0.3) is 0 Å². The van der Waals surface area contributed by atoms with Crippen LogP contribution in [0.1, 0.15) is 11.1 Å². The Labute approximate surface area is 146 Å². The lowest BCUT2D eigenvalue weighted by molar-refractivity contribution is 0.410. The molecule has 0 atom stereocenters. The molecule has 6 heteroatoms. The van der Waals surface area contributed by atoms with Gasteiger partial charge in [0.05, 0.1) is 18.4 Å². The van der Waals surface area contributed by atoms with Crippen LogP contribution in [0.25, 0.3) is 0 Å². The number of anilines is 3. The first kappa shape index (κ1) is 16.3. The Hall–Kier alpha value is -3.59. The van der Waals surface area contributed by atoms with Gasteiger partial charge in [0.15, 0.2) is 0 Å². The molecule has 3 rings (SSSR count). The van der Waals surface area contributed by atoms with Crippen molar-refractivity contribution in [3.05, 3.63) is 71.9 Å². The predicted octanol–water partition coefficient (Wildman–Crippen LogP) is 3.71. The second-order valence-corrected chi connectivity index (χ2v) is 5.21. The van der Waals surface area contributed by atoms with Gasteiger partial charge in [-0.05, 0) is 24.3 Å². The van der Waals surface area contributed by atoms with Gasteiger partial charge in [-0.1, -0.05) is 30.3 Å². The average molecular weight is 331 g/mol.